The van der Waals surface area contributed by atoms with E-state index in [0.29, 0.717) is 17.5 Å². The van der Waals surface area contributed by atoms with Crippen molar-refractivity contribution >= 4 is 17.5 Å². The van der Waals surface area contributed by atoms with Crippen LogP contribution in [0.25, 0.3) is 0 Å². The molecule has 0 N–H and O–H groups in total. The molecule has 1 unspecified atom stereocenters. The van der Waals surface area contributed by atoms with E-state index in [1.54, 1.807) is 6.92 Å². The summed E-state index contributed by atoms with van der Waals surface area (Å²) in [4.78, 5) is 12.5. The minimum Gasteiger partial charge on any atom is -0.300 e. The molecule has 0 aliphatic carbocycles. The van der Waals surface area contributed by atoms with Gasteiger partial charge >= 0.3 is 0 Å². The fourth-order valence-electron chi connectivity index (χ4n) is 1.84. The minimum absolute atomic E-state index is 0.301. The first kappa shape index (κ1) is 14.3. The first-order valence-corrected chi connectivity index (χ1v) is 7.31. The van der Waals surface area contributed by atoms with E-state index in [-0.39, 0.29) is 0 Å². The zero-order valence-electron chi connectivity index (χ0n) is 10.8. The van der Waals surface area contributed by atoms with Crippen LogP contribution in [0.5, 0.6) is 0 Å². The molecule has 2 heteroatoms. The number of hydrogen-bond acceptors (Lipinski definition) is 2. The van der Waals surface area contributed by atoms with E-state index in [2.05, 4.69) is 31.2 Å². The lowest BCUT2D eigenvalue weighted by molar-refractivity contribution is -0.117. The highest BCUT2D eigenvalue weighted by Crippen LogP contribution is 2.29. The van der Waals surface area contributed by atoms with Crippen LogP contribution in [0.1, 0.15) is 46.0 Å². The molecule has 0 spiro atoms. The topological polar surface area (TPSA) is 17.1 Å². The molecule has 0 saturated heterocycles. The predicted octanol–water partition coefficient (Wildman–Crippen LogP) is 4.71. The van der Waals surface area contributed by atoms with Crippen molar-refractivity contribution in [1.29, 1.82) is 0 Å². The van der Waals surface area contributed by atoms with Crippen LogP contribution in [0.4, 0.5) is 0 Å². The van der Waals surface area contributed by atoms with Gasteiger partial charge in [-0.05, 0) is 25.5 Å². The number of unbranched alkanes of at least 4 members (excludes halogenated alkanes) is 2. The first-order valence-electron chi connectivity index (χ1n) is 6.43. The van der Waals surface area contributed by atoms with Crippen LogP contribution in [0.2, 0.25) is 0 Å². The van der Waals surface area contributed by atoms with Crippen molar-refractivity contribution in [1.82, 2.24) is 0 Å². The van der Waals surface area contributed by atoms with E-state index in [1.807, 2.05) is 17.8 Å². The van der Waals surface area contributed by atoms with Crippen molar-refractivity contribution in [3.63, 3.8) is 0 Å². The normalized spacial score (nSPS) is 12.4. The minimum atomic E-state index is 0.301. The molecule has 0 saturated carbocycles. The van der Waals surface area contributed by atoms with Gasteiger partial charge in [0.2, 0.25) is 0 Å². The number of carbonyl (C=O) groups is 1. The molecule has 1 aromatic carbocycles. The summed E-state index contributed by atoms with van der Waals surface area (Å²) in [7, 11) is 0. The Bertz CT molecular complexity index is 321. The number of carbonyl (C=O) groups excluding carboxylic acids is 1. The fraction of sp³-hybridized carbons (Fsp3) is 0.533. The highest BCUT2D eigenvalue weighted by Gasteiger charge is 2.12. The van der Waals surface area contributed by atoms with Gasteiger partial charge in [-0.3, -0.25) is 4.79 Å². The maximum atomic E-state index is 11.3. The van der Waals surface area contributed by atoms with Crippen LogP contribution in [-0.4, -0.2) is 11.0 Å². The van der Waals surface area contributed by atoms with Gasteiger partial charge in [-0.1, -0.05) is 44.4 Å². The Balaban J connectivity index is 2.48. The largest absolute Gasteiger partial charge is 0.300 e. The lowest BCUT2D eigenvalue weighted by Gasteiger charge is -2.14. The Morgan fingerprint density at radius 3 is 2.53 bits per heavy atom. The monoisotopic (exact) mass is 250 g/mol. The zero-order chi connectivity index (χ0) is 12.5. The molecular formula is C15H22OS. The molecule has 0 aliphatic rings. The lowest BCUT2D eigenvalue weighted by atomic mass is 10.1. The molecule has 0 heterocycles. The van der Waals surface area contributed by atoms with E-state index < -0.39 is 0 Å². The van der Waals surface area contributed by atoms with Crippen molar-refractivity contribution in [2.75, 3.05) is 0 Å². The van der Waals surface area contributed by atoms with Crippen LogP contribution in [0.3, 0.4) is 0 Å². The molecule has 1 rings (SSSR count). The molecule has 17 heavy (non-hydrogen) atoms. The third-order valence-electron chi connectivity index (χ3n) is 2.69. The summed E-state index contributed by atoms with van der Waals surface area (Å²) in [6.07, 6.45) is 5.58. The number of ketones is 1. The van der Waals surface area contributed by atoms with E-state index >= 15 is 0 Å². The maximum Gasteiger partial charge on any atom is 0.130 e. The summed E-state index contributed by atoms with van der Waals surface area (Å²) in [5, 5.41) is 0.446. The summed E-state index contributed by atoms with van der Waals surface area (Å²) in [6, 6.07) is 10.4. The predicted molar refractivity (Wildman–Crippen MR) is 75.5 cm³/mol. The molecule has 0 radical (unpaired) electrons. The van der Waals surface area contributed by atoms with E-state index in [0.717, 1.165) is 6.42 Å². The lowest BCUT2D eigenvalue weighted by Crippen LogP contribution is -2.08. The Hall–Kier alpha value is -0.760. The molecule has 94 valence electrons. The zero-order valence-corrected chi connectivity index (χ0v) is 11.6. The molecule has 0 bridgehead atoms. The number of benzene rings is 1. The molecule has 1 aromatic rings. The Labute approximate surface area is 109 Å². The second-order valence-corrected chi connectivity index (χ2v) is 5.83. The summed E-state index contributed by atoms with van der Waals surface area (Å²) >= 11 is 1.85. The van der Waals surface area contributed by atoms with Crippen molar-refractivity contribution in [2.24, 2.45) is 0 Å². The first-order chi connectivity index (χ1) is 8.22. The van der Waals surface area contributed by atoms with Gasteiger partial charge in [-0.25, -0.2) is 0 Å². The van der Waals surface area contributed by atoms with Gasteiger partial charge in [0.1, 0.15) is 5.78 Å². The van der Waals surface area contributed by atoms with Gasteiger partial charge in [0.25, 0.3) is 0 Å². The van der Waals surface area contributed by atoms with Gasteiger partial charge in [0, 0.05) is 16.6 Å². The molecule has 1 nitrogen and oxygen atoms in total. The second kappa shape index (κ2) is 8.35. The SMILES string of the molecule is CCCCCC(CC(C)=O)Sc1ccccc1. The van der Waals surface area contributed by atoms with Gasteiger partial charge in [-0.2, -0.15) is 0 Å². The van der Waals surface area contributed by atoms with E-state index in [9.17, 15) is 4.79 Å². The van der Waals surface area contributed by atoms with Gasteiger partial charge < -0.3 is 0 Å². The van der Waals surface area contributed by atoms with E-state index in [4.69, 9.17) is 0 Å². The van der Waals surface area contributed by atoms with Gasteiger partial charge in [0.15, 0.2) is 0 Å². The molecule has 0 amide bonds. The Morgan fingerprint density at radius 2 is 1.94 bits per heavy atom. The third-order valence-corrected chi connectivity index (χ3v) is 3.97. The standard InChI is InChI=1S/C15H22OS/c1-3-4-6-11-15(12-13(2)16)17-14-9-7-5-8-10-14/h5,7-10,15H,3-4,6,11-12H2,1-2H3. The molecule has 0 fully saturated rings. The summed E-state index contributed by atoms with van der Waals surface area (Å²) < 4.78 is 0. The summed E-state index contributed by atoms with van der Waals surface area (Å²) in [5.41, 5.74) is 0. The number of rotatable bonds is 8. The highest BCUT2D eigenvalue weighted by atomic mass is 32.2. The Morgan fingerprint density at radius 1 is 1.24 bits per heavy atom. The number of Topliss-reactive ketones (excluding diaryl/α,β-unsaturated/α-hetero) is 1. The second-order valence-electron chi connectivity index (χ2n) is 4.45. The van der Waals surface area contributed by atoms with E-state index in [1.165, 1.54) is 24.2 Å². The van der Waals surface area contributed by atoms with Crippen molar-refractivity contribution < 1.29 is 4.79 Å². The third kappa shape index (κ3) is 6.52. The van der Waals surface area contributed by atoms with Crippen molar-refractivity contribution in [3.8, 4) is 0 Å². The van der Waals surface area contributed by atoms with Crippen molar-refractivity contribution in [2.45, 2.75) is 56.1 Å². The summed E-state index contributed by atoms with van der Waals surface area (Å²) in [5.74, 6) is 0.301. The van der Waals surface area contributed by atoms with Crippen LogP contribution in [0, 0.1) is 0 Å². The summed E-state index contributed by atoms with van der Waals surface area (Å²) in [6.45, 7) is 3.91. The molecule has 1 atom stereocenters. The fourth-order valence-corrected chi connectivity index (χ4v) is 3.14. The van der Waals surface area contributed by atoms with Gasteiger partial charge in [0.05, 0.1) is 0 Å². The Kier molecular flexibility index (Phi) is 7.02. The van der Waals surface area contributed by atoms with Crippen LogP contribution < -0.4 is 0 Å². The maximum absolute atomic E-state index is 11.3. The number of thioether (sulfide) groups is 1. The van der Waals surface area contributed by atoms with Crippen LogP contribution in [-0.2, 0) is 4.79 Å². The quantitative estimate of drug-likeness (QED) is 0.491. The highest BCUT2D eigenvalue weighted by molar-refractivity contribution is 8.00. The van der Waals surface area contributed by atoms with Crippen LogP contribution in [0.15, 0.2) is 35.2 Å². The number of hydrogen-bond donors (Lipinski definition) is 0. The average molecular weight is 250 g/mol. The van der Waals surface area contributed by atoms with Crippen molar-refractivity contribution in [3.05, 3.63) is 30.3 Å². The molecular weight excluding hydrogens is 228 g/mol. The molecule has 0 aliphatic heterocycles. The van der Waals surface area contributed by atoms with Gasteiger partial charge in [-0.15, -0.1) is 11.8 Å². The average Bonchev–Trinajstić information content (AvgIpc) is 2.30. The van der Waals surface area contributed by atoms with Crippen LogP contribution >= 0.6 is 11.8 Å². The smallest absolute Gasteiger partial charge is 0.130 e. The molecule has 0 aromatic heterocycles.